The number of aryl methyl sites for hydroxylation is 1. The molecule has 1 N–H and O–H groups in total. The summed E-state index contributed by atoms with van der Waals surface area (Å²) in [4.78, 5) is 26.3. The first kappa shape index (κ1) is 17.3. The van der Waals surface area contributed by atoms with Gasteiger partial charge in [0.05, 0.1) is 11.5 Å². The van der Waals surface area contributed by atoms with Gasteiger partial charge < -0.3 is 14.4 Å². The van der Waals surface area contributed by atoms with Crippen LogP contribution in [0.5, 0.6) is 0 Å². The molecule has 1 saturated heterocycles. The zero-order valence-corrected chi connectivity index (χ0v) is 14.7. The van der Waals surface area contributed by atoms with Crippen molar-refractivity contribution >= 4 is 11.9 Å². The number of hydrogen-bond acceptors (Lipinski definition) is 3. The summed E-state index contributed by atoms with van der Waals surface area (Å²) < 4.78 is 5.68. The quantitative estimate of drug-likeness (QED) is 0.921. The molecule has 1 fully saturated rings. The van der Waals surface area contributed by atoms with Gasteiger partial charge in [0, 0.05) is 24.9 Å². The van der Waals surface area contributed by atoms with Gasteiger partial charge in [-0.2, -0.15) is 0 Å². The number of rotatable bonds is 4. The van der Waals surface area contributed by atoms with E-state index in [1.165, 1.54) is 0 Å². The minimum atomic E-state index is -0.865. The van der Waals surface area contributed by atoms with E-state index >= 15 is 0 Å². The maximum atomic E-state index is 12.9. The summed E-state index contributed by atoms with van der Waals surface area (Å²) >= 11 is 0. The molecule has 0 unspecified atom stereocenters. The Morgan fingerprint density at radius 3 is 2.44 bits per heavy atom. The standard InChI is InChI=1S/C20H23NO4/c1-12(2)18-9-15(13(3)25-18)19(22)21-10-16(17(11-21)20(23)24)14-7-5-4-6-8-14/h4-9,12,16-17H,10-11H2,1-3H3,(H,23,24)/t16-,17-/m0/s1. The number of hydrogen-bond donors (Lipinski definition) is 1. The summed E-state index contributed by atoms with van der Waals surface area (Å²) in [5, 5.41) is 9.59. The summed E-state index contributed by atoms with van der Waals surface area (Å²) in [6.45, 7) is 6.41. The molecule has 132 valence electrons. The molecule has 5 heteroatoms. The summed E-state index contributed by atoms with van der Waals surface area (Å²) in [5.74, 6) is -0.253. The van der Waals surface area contributed by atoms with Gasteiger partial charge in [-0.3, -0.25) is 9.59 Å². The van der Waals surface area contributed by atoms with Crippen molar-refractivity contribution in [1.29, 1.82) is 0 Å². The number of amides is 1. The van der Waals surface area contributed by atoms with Crippen molar-refractivity contribution in [1.82, 2.24) is 4.90 Å². The number of carbonyl (C=O) groups excluding carboxylic acids is 1. The molecule has 1 aliphatic rings. The Kier molecular flexibility index (Phi) is 4.66. The van der Waals surface area contributed by atoms with Crippen LogP contribution in [0.1, 0.15) is 53.1 Å². The lowest BCUT2D eigenvalue weighted by molar-refractivity contribution is -0.141. The van der Waals surface area contributed by atoms with E-state index in [-0.39, 0.29) is 24.3 Å². The maximum Gasteiger partial charge on any atom is 0.308 e. The van der Waals surface area contributed by atoms with Crippen LogP contribution < -0.4 is 0 Å². The number of carboxylic acids is 1. The molecule has 25 heavy (non-hydrogen) atoms. The van der Waals surface area contributed by atoms with Gasteiger partial charge in [-0.1, -0.05) is 44.2 Å². The first-order valence-electron chi connectivity index (χ1n) is 8.55. The molecule has 2 heterocycles. The van der Waals surface area contributed by atoms with Gasteiger partial charge in [-0.15, -0.1) is 0 Å². The molecular formula is C20H23NO4. The van der Waals surface area contributed by atoms with Crippen molar-refractivity contribution < 1.29 is 19.1 Å². The molecule has 5 nitrogen and oxygen atoms in total. The molecule has 3 rings (SSSR count). The minimum absolute atomic E-state index is 0.155. The maximum absolute atomic E-state index is 12.9. The van der Waals surface area contributed by atoms with Crippen LogP contribution in [0.4, 0.5) is 0 Å². The molecule has 1 aliphatic heterocycles. The zero-order valence-electron chi connectivity index (χ0n) is 14.7. The van der Waals surface area contributed by atoms with Crippen molar-refractivity contribution in [3.05, 3.63) is 59.0 Å². The second kappa shape index (κ2) is 6.75. The van der Waals surface area contributed by atoms with E-state index in [9.17, 15) is 14.7 Å². The van der Waals surface area contributed by atoms with E-state index in [0.29, 0.717) is 17.9 Å². The number of benzene rings is 1. The van der Waals surface area contributed by atoms with Crippen molar-refractivity contribution in [2.45, 2.75) is 32.6 Å². The fraction of sp³-hybridized carbons (Fsp3) is 0.400. The minimum Gasteiger partial charge on any atom is -0.481 e. The summed E-state index contributed by atoms with van der Waals surface area (Å²) in [5.41, 5.74) is 1.48. The molecule has 0 bridgehead atoms. The molecule has 0 radical (unpaired) electrons. The first-order chi connectivity index (χ1) is 11.9. The van der Waals surface area contributed by atoms with Crippen LogP contribution in [0.15, 0.2) is 40.8 Å². The fourth-order valence-electron chi connectivity index (χ4n) is 3.43. The second-order valence-electron chi connectivity index (χ2n) is 6.95. The zero-order chi connectivity index (χ0) is 18.1. The summed E-state index contributed by atoms with van der Waals surface area (Å²) in [7, 11) is 0. The van der Waals surface area contributed by atoms with Crippen LogP contribution >= 0.6 is 0 Å². The van der Waals surface area contributed by atoms with Gasteiger partial charge in [0.25, 0.3) is 5.91 Å². The van der Waals surface area contributed by atoms with E-state index in [0.717, 1.165) is 11.3 Å². The van der Waals surface area contributed by atoms with E-state index in [2.05, 4.69) is 0 Å². The van der Waals surface area contributed by atoms with Crippen molar-refractivity contribution in [2.24, 2.45) is 5.92 Å². The highest BCUT2D eigenvalue weighted by Gasteiger charge is 2.41. The lowest BCUT2D eigenvalue weighted by Crippen LogP contribution is -2.30. The highest BCUT2D eigenvalue weighted by Crippen LogP contribution is 2.34. The smallest absolute Gasteiger partial charge is 0.308 e. The molecule has 0 spiro atoms. The lowest BCUT2D eigenvalue weighted by Gasteiger charge is -2.16. The van der Waals surface area contributed by atoms with Gasteiger partial charge in [0.15, 0.2) is 0 Å². The van der Waals surface area contributed by atoms with E-state index in [1.54, 1.807) is 17.9 Å². The van der Waals surface area contributed by atoms with Crippen LogP contribution in [0.25, 0.3) is 0 Å². The highest BCUT2D eigenvalue weighted by atomic mass is 16.4. The number of carboxylic acid groups (broad SMARTS) is 1. The van der Waals surface area contributed by atoms with E-state index in [4.69, 9.17) is 4.42 Å². The third kappa shape index (κ3) is 3.31. The highest BCUT2D eigenvalue weighted by molar-refractivity contribution is 5.96. The molecule has 0 aliphatic carbocycles. The summed E-state index contributed by atoms with van der Waals surface area (Å²) in [6.07, 6.45) is 0. The van der Waals surface area contributed by atoms with Crippen molar-refractivity contribution in [2.75, 3.05) is 13.1 Å². The Hall–Kier alpha value is -2.56. The first-order valence-corrected chi connectivity index (χ1v) is 8.55. The molecule has 1 aromatic carbocycles. The van der Waals surface area contributed by atoms with Gasteiger partial charge in [0.2, 0.25) is 0 Å². The van der Waals surface area contributed by atoms with Crippen LogP contribution in [0.2, 0.25) is 0 Å². The average molecular weight is 341 g/mol. The molecular weight excluding hydrogens is 318 g/mol. The van der Waals surface area contributed by atoms with Gasteiger partial charge in [-0.25, -0.2) is 0 Å². The van der Waals surface area contributed by atoms with Crippen LogP contribution in [0, 0.1) is 12.8 Å². The predicted molar refractivity (Wildman–Crippen MR) is 93.7 cm³/mol. The number of nitrogens with zero attached hydrogens (tertiary/aromatic N) is 1. The molecule has 1 aromatic heterocycles. The van der Waals surface area contributed by atoms with E-state index in [1.807, 2.05) is 44.2 Å². The number of carbonyl (C=O) groups is 2. The SMILES string of the molecule is Cc1oc(C(C)C)cc1C(=O)N1C[C@H](C(=O)O)[C@H](c2ccccc2)C1. The fourth-order valence-corrected chi connectivity index (χ4v) is 3.43. The third-order valence-corrected chi connectivity index (χ3v) is 4.89. The van der Waals surface area contributed by atoms with Crippen molar-refractivity contribution in [3.8, 4) is 0 Å². The monoisotopic (exact) mass is 341 g/mol. The Balaban J connectivity index is 1.86. The second-order valence-corrected chi connectivity index (χ2v) is 6.95. The topological polar surface area (TPSA) is 70.8 Å². The van der Waals surface area contributed by atoms with Gasteiger partial charge >= 0.3 is 5.97 Å². The molecule has 1 amide bonds. The molecule has 0 saturated carbocycles. The van der Waals surface area contributed by atoms with E-state index < -0.39 is 11.9 Å². The van der Waals surface area contributed by atoms with Gasteiger partial charge in [0.1, 0.15) is 11.5 Å². The number of aliphatic carboxylic acids is 1. The lowest BCUT2D eigenvalue weighted by atomic mass is 9.89. The third-order valence-electron chi connectivity index (χ3n) is 4.89. The Bertz CT molecular complexity index is 778. The predicted octanol–water partition coefficient (Wildman–Crippen LogP) is 3.65. The van der Waals surface area contributed by atoms with Gasteiger partial charge in [-0.05, 0) is 18.6 Å². The largest absolute Gasteiger partial charge is 0.481 e. The summed E-state index contributed by atoms with van der Waals surface area (Å²) in [6, 6.07) is 11.3. The number of likely N-dealkylation sites (tertiary alicyclic amines) is 1. The Morgan fingerprint density at radius 2 is 1.88 bits per heavy atom. The van der Waals surface area contributed by atoms with Crippen LogP contribution in [-0.4, -0.2) is 35.0 Å². The Labute approximate surface area is 147 Å². The Morgan fingerprint density at radius 1 is 1.20 bits per heavy atom. The van der Waals surface area contributed by atoms with Crippen LogP contribution in [0.3, 0.4) is 0 Å². The molecule has 2 atom stereocenters. The average Bonchev–Trinajstić information content (AvgIpc) is 3.19. The van der Waals surface area contributed by atoms with Crippen LogP contribution in [-0.2, 0) is 4.79 Å². The molecule has 2 aromatic rings. The number of furan rings is 1. The van der Waals surface area contributed by atoms with Crippen molar-refractivity contribution in [3.63, 3.8) is 0 Å². The normalized spacial score (nSPS) is 20.2.